The quantitative estimate of drug-likeness (QED) is 0.586. The van der Waals surface area contributed by atoms with E-state index in [-0.39, 0.29) is 0 Å². The fourth-order valence-electron chi connectivity index (χ4n) is 0.668. The molecule has 10 heteroatoms. The van der Waals surface area contributed by atoms with E-state index >= 15 is 0 Å². The van der Waals surface area contributed by atoms with Gasteiger partial charge in [-0.25, -0.2) is 0 Å². The maximum absolute atomic E-state index is 12.1. The molecule has 1 unspecified atom stereocenters. The molecule has 0 saturated heterocycles. The first kappa shape index (κ1) is 14.9. The fraction of sp³-hybridized carbons (Fsp3) is 1.00. The first-order valence-corrected chi connectivity index (χ1v) is 5.48. The van der Waals surface area contributed by atoms with Crippen LogP contribution in [0.2, 0.25) is 0 Å². The SMILES string of the molecule is CC(COCC(F)(F)F)OP(O)(O)(F)F. The van der Waals surface area contributed by atoms with Crippen molar-refractivity contribution in [1.29, 1.82) is 0 Å². The van der Waals surface area contributed by atoms with E-state index in [0.29, 0.717) is 0 Å². The van der Waals surface area contributed by atoms with E-state index < -0.39 is 33.4 Å². The van der Waals surface area contributed by atoms with Gasteiger partial charge in [0.1, 0.15) is 0 Å². The number of alkyl halides is 3. The first-order valence-electron chi connectivity index (χ1n) is 3.64. The number of hydrogen-bond acceptors (Lipinski definition) is 4. The Morgan fingerprint density at radius 3 is 2.07 bits per heavy atom. The van der Waals surface area contributed by atoms with Gasteiger partial charge in [0.15, 0.2) is 0 Å². The Morgan fingerprint density at radius 1 is 1.27 bits per heavy atom. The van der Waals surface area contributed by atoms with Crippen molar-refractivity contribution in [3.8, 4) is 0 Å². The van der Waals surface area contributed by atoms with Crippen LogP contribution in [-0.2, 0) is 9.26 Å². The molecule has 0 aliphatic heterocycles. The Balaban J connectivity index is 3.83. The van der Waals surface area contributed by atoms with Crippen molar-refractivity contribution in [3.05, 3.63) is 0 Å². The summed E-state index contributed by atoms with van der Waals surface area (Å²) >= 11 is 0. The normalized spacial score (nSPS) is 18.3. The average Bonchev–Trinajstić information content (AvgIpc) is 1.76. The van der Waals surface area contributed by atoms with Gasteiger partial charge < -0.3 is 0 Å². The summed E-state index contributed by atoms with van der Waals surface area (Å²) in [7, 11) is -7.13. The van der Waals surface area contributed by atoms with Gasteiger partial charge in [-0.1, -0.05) is 0 Å². The van der Waals surface area contributed by atoms with E-state index in [2.05, 4.69) is 9.26 Å². The predicted octanol–water partition coefficient (Wildman–Crippen LogP) is 2.02. The van der Waals surface area contributed by atoms with Gasteiger partial charge in [-0.05, 0) is 0 Å². The Bertz CT molecular complexity index is 202. The molecule has 0 fully saturated rings. The molecule has 0 aromatic heterocycles. The van der Waals surface area contributed by atoms with Gasteiger partial charge in [0.25, 0.3) is 0 Å². The molecule has 0 aromatic rings. The van der Waals surface area contributed by atoms with Crippen LogP contribution in [0.25, 0.3) is 0 Å². The molecule has 0 bridgehead atoms. The van der Waals surface area contributed by atoms with E-state index in [4.69, 9.17) is 9.79 Å². The van der Waals surface area contributed by atoms with Crippen molar-refractivity contribution >= 4 is 7.91 Å². The maximum atomic E-state index is 12.1. The zero-order valence-electron chi connectivity index (χ0n) is 7.54. The van der Waals surface area contributed by atoms with Gasteiger partial charge in [0, 0.05) is 0 Å². The van der Waals surface area contributed by atoms with E-state index in [9.17, 15) is 21.6 Å². The topological polar surface area (TPSA) is 58.9 Å². The van der Waals surface area contributed by atoms with Crippen molar-refractivity contribution < 1.29 is 40.6 Å². The molecular formula is C5H10F5O4P. The molecule has 2 N–H and O–H groups in total. The zero-order chi connectivity index (χ0) is 12.4. The van der Waals surface area contributed by atoms with Crippen LogP contribution < -0.4 is 0 Å². The molecule has 15 heavy (non-hydrogen) atoms. The molecular weight excluding hydrogens is 250 g/mol. The standard InChI is InChI=1S/C5H10F5O4P/c1-4(14-15(9,10,11)12)2-13-3-5(6,7)8/h4,11-12H,2-3H2,1H3. The predicted molar refractivity (Wildman–Crippen MR) is 41.0 cm³/mol. The molecule has 0 aliphatic carbocycles. The number of rotatable bonds is 5. The molecule has 0 aromatic carbocycles. The molecule has 94 valence electrons. The number of hydrogen-bond donors (Lipinski definition) is 2. The molecule has 0 aliphatic rings. The van der Waals surface area contributed by atoms with Gasteiger partial charge in [-0.15, -0.1) is 0 Å². The second-order valence-corrected chi connectivity index (χ2v) is 4.53. The fourth-order valence-corrected chi connectivity index (χ4v) is 1.32. The summed E-state index contributed by atoms with van der Waals surface area (Å²) in [5, 5.41) is 0. The Kier molecular flexibility index (Phi) is 4.40. The van der Waals surface area contributed by atoms with E-state index in [1.165, 1.54) is 0 Å². The van der Waals surface area contributed by atoms with Crippen LogP contribution in [0.3, 0.4) is 0 Å². The molecule has 1 atom stereocenters. The Hall–Kier alpha value is -0.0800. The van der Waals surface area contributed by atoms with Crippen molar-refractivity contribution in [2.24, 2.45) is 0 Å². The van der Waals surface area contributed by atoms with Crippen LogP contribution in [0.1, 0.15) is 6.92 Å². The van der Waals surface area contributed by atoms with Crippen LogP contribution in [0.15, 0.2) is 0 Å². The summed E-state index contributed by atoms with van der Waals surface area (Å²) in [5.41, 5.74) is 0. The molecule has 0 heterocycles. The third kappa shape index (κ3) is 11.8. The first-order chi connectivity index (χ1) is 6.35. The van der Waals surface area contributed by atoms with Crippen LogP contribution in [-0.4, -0.2) is 35.3 Å². The number of halogens is 5. The summed E-state index contributed by atoms with van der Waals surface area (Å²) in [6, 6.07) is 0. The summed E-state index contributed by atoms with van der Waals surface area (Å²) < 4.78 is 66.1. The monoisotopic (exact) mass is 260 g/mol. The molecule has 0 spiro atoms. The second-order valence-electron chi connectivity index (χ2n) is 2.80. The summed E-state index contributed by atoms with van der Waals surface area (Å²) in [4.78, 5) is 15.9. The summed E-state index contributed by atoms with van der Waals surface area (Å²) in [6.45, 7) is -1.53. The van der Waals surface area contributed by atoms with Crippen molar-refractivity contribution in [2.75, 3.05) is 13.2 Å². The van der Waals surface area contributed by atoms with Gasteiger partial charge in [-0.3, -0.25) is 0 Å². The Morgan fingerprint density at radius 2 is 1.73 bits per heavy atom. The van der Waals surface area contributed by atoms with Crippen molar-refractivity contribution in [1.82, 2.24) is 0 Å². The molecule has 0 rings (SSSR count). The molecule has 0 radical (unpaired) electrons. The van der Waals surface area contributed by atoms with Crippen LogP contribution >= 0.6 is 7.91 Å². The molecule has 0 saturated carbocycles. The summed E-state index contributed by atoms with van der Waals surface area (Å²) in [6.07, 6.45) is -6.13. The zero-order valence-corrected chi connectivity index (χ0v) is 8.43. The third-order valence-corrected chi connectivity index (χ3v) is 1.68. The average molecular weight is 260 g/mol. The van der Waals surface area contributed by atoms with Gasteiger partial charge in [-0.2, -0.15) is 0 Å². The van der Waals surface area contributed by atoms with Crippen LogP contribution in [0.5, 0.6) is 0 Å². The second kappa shape index (κ2) is 4.42. The van der Waals surface area contributed by atoms with Gasteiger partial charge in [0.05, 0.1) is 0 Å². The molecule has 0 amide bonds. The molecule has 4 nitrogen and oxygen atoms in total. The Labute approximate surface area is 82.0 Å². The van der Waals surface area contributed by atoms with Gasteiger partial charge in [0.2, 0.25) is 0 Å². The van der Waals surface area contributed by atoms with E-state index in [1.54, 1.807) is 0 Å². The van der Waals surface area contributed by atoms with E-state index in [0.717, 1.165) is 6.92 Å². The number of ether oxygens (including phenoxy) is 1. The van der Waals surface area contributed by atoms with Gasteiger partial charge >= 0.3 is 80.9 Å². The minimum atomic E-state index is -7.13. The van der Waals surface area contributed by atoms with Crippen molar-refractivity contribution in [2.45, 2.75) is 19.2 Å². The van der Waals surface area contributed by atoms with Crippen LogP contribution in [0, 0.1) is 0 Å². The van der Waals surface area contributed by atoms with Crippen LogP contribution in [0.4, 0.5) is 21.6 Å². The van der Waals surface area contributed by atoms with E-state index in [1.807, 2.05) is 0 Å². The summed E-state index contributed by atoms with van der Waals surface area (Å²) in [5.74, 6) is 0. The third-order valence-electron chi connectivity index (χ3n) is 0.972. The van der Waals surface area contributed by atoms with Crippen molar-refractivity contribution in [3.63, 3.8) is 0 Å². The minimum absolute atomic E-state index is 0.827.